The van der Waals surface area contributed by atoms with E-state index in [1.165, 1.54) is 26.2 Å². The minimum absolute atomic E-state index is 0.0794. The number of ether oxygens (including phenoxy) is 1. The van der Waals surface area contributed by atoms with E-state index in [1.54, 1.807) is 89.5 Å². The van der Waals surface area contributed by atoms with E-state index in [1.807, 2.05) is 0 Å². The van der Waals surface area contributed by atoms with Crippen LogP contribution in [0.1, 0.15) is 72.1 Å². The number of aromatic nitrogens is 4. The molecule has 1 saturated heterocycles. The Bertz CT molecular complexity index is 2280. The molecule has 262 valence electrons. The standard InChI is InChI=1S/C36H36N8O7/c1-18-30(35(50)51-6)31-32(37-18)27(46)12-28-36(31)13-20(36)14-44(28)29(47)8-7-24-9-21(15-41(24)3)39-33(48)26-11-23(17-43(26)5)40-34(49)25-10-22(16-42(25)4)38-19(2)45/h7-12,15-17,20,37H,13-14H2,1-6H3,(H,38,45)(H,39,48)(H,40,49)/t20-,36+/m1/s1. The number of ketones is 1. The highest BCUT2D eigenvalue weighted by Crippen LogP contribution is 2.67. The van der Waals surface area contributed by atoms with Crippen molar-refractivity contribution < 1.29 is 33.5 Å². The number of amides is 4. The first kappa shape index (κ1) is 33.1. The molecule has 1 spiro atoms. The smallest absolute Gasteiger partial charge is 0.340 e. The summed E-state index contributed by atoms with van der Waals surface area (Å²) < 4.78 is 9.96. The Labute approximate surface area is 291 Å². The molecule has 51 heavy (non-hydrogen) atoms. The number of fused-ring (bicyclic) bond motifs is 1. The molecule has 0 radical (unpaired) electrons. The lowest BCUT2D eigenvalue weighted by atomic mass is 9.82. The van der Waals surface area contributed by atoms with E-state index in [4.69, 9.17) is 4.74 Å². The second-order valence-electron chi connectivity index (χ2n) is 13.2. The van der Waals surface area contributed by atoms with E-state index in [0.717, 1.165) is 6.42 Å². The number of H-pyrrole nitrogens is 1. The highest BCUT2D eigenvalue weighted by molar-refractivity contribution is 6.12. The summed E-state index contributed by atoms with van der Waals surface area (Å²) in [6.07, 6.45) is 10.3. The van der Waals surface area contributed by atoms with Crippen LogP contribution in [0.4, 0.5) is 17.1 Å². The van der Waals surface area contributed by atoms with Gasteiger partial charge in [-0.1, -0.05) is 0 Å². The van der Waals surface area contributed by atoms with Crippen molar-refractivity contribution >= 4 is 58.5 Å². The molecule has 4 amide bonds. The van der Waals surface area contributed by atoms with Crippen LogP contribution in [0.5, 0.6) is 0 Å². The lowest BCUT2D eigenvalue weighted by Crippen LogP contribution is -2.33. The van der Waals surface area contributed by atoms with Crippen LogP contribution in [0.15, 0.2) is 54.6 Å². The van der Waals surface area contributed by atoms with Crippen LogP contribution in [0.25, 0.3) is 6.08 Å². The number of carbonyl (C=O) groups is 6. The normalized spacial score (nSPS) is 18.5. The van der Waals surface area contributed by atoms with Crippen molar-refractivity contribution in [2.24, 2.45) is 27.1 Å². The summed E-state index contributed by atoms with van der Waals surface area (Å²) in [7, 11) is 6.46. The Hall–Kier alpha value is -6.38. The summed E-state index contributed by atoms with van der Waals surface area (Å²) in [6.45, 7) is 3.54. The van der Waals surface area contributed by atoms with Crippen molar-refractivity contribution in [2.75, 3.05) is 29.6 Å². The highest BCUT2D eigenvalue weighted by atomic mass is 16.5. The predicted octanol–water partition coefficient (Wildman–Crippen LogP) is 3.48. The van der Waals surface area contributed by atoms with Gasteiger partial charge in [0.15, 0.2) is 0 Å². The van der Waals surface area contributed by atoms with Gasteiger partial charge in [-0.3, -0.25) is 24.0 Å². The summed E-state index contributed by atoms with van der Waals surface area (Å²) in [4.78, 5) is 81.6. The van der Waals surface area contributed by atoms with Gasteiger partial charge in [0.2, 0.25) is 11.7 Å². The van der Waals surface area contributed by atoms with Gasteiger partial charge in [0, 0.05) is 93.4 Å². The molecule has 1 saturated carbocycles. The van der Waals surface area contributed by atoms with E-state index >= 15 is 0 Å². The molecular weight excluding hydrogens is 656 g/mol. The zero-order chi connectivity index (χ0) is 36.5. The van der Waals surface area contributed by atoms with Crippen LogP contribution in [0.3, 0.4) is 0 Å². The number of nitrogens with zero attached hydrogens (tertiary/aromatic N) is 4. The van der Waals surface area contributed by atoms with Crippen LogP contribution in [0.2, 0.25) is 0 Å². The van der Waals surface area contributed by atoms with E-state index in [-0.39, 0.29) is 23.5 Å². The van der Waals surface area contributed by atoms with Crippen molar-refractivity contribution in [3.8, 4) is 0 Å². The zero-order valence-corrected chi connectivity index (χ0v) is 28.8. The van der Waals surface area contributed by atoms with Gasteiger partial charge in [0.1, 0.15) is 11.4 Å². The minimum Gasteiger partial charge on any atom is -0.465 e. The first-order valence-electron chi connectivity index (χ1n) is 16.2. The molecule has 4 aromatic rings. The molecule has 0 bridgehead atoms. The van der Waals surface area contributed by atoms with Crippen molar-refractivity contribution in [1.29, 1.82) is 0 Å². The topological polar surface area (TPSA) is 182 Å². The number of aryl methyl sites for hydroxylation is 4. The first-order chi connectivity index (χ1) is 24.2. The maximum Gasteiger partial charge on any atom is 0.340 e. The maximum absolute atomic E-state index is 13.5. The number of piperidine rings is 1. The van der Waals surface area contributed by atoms with Crippen molar-refractivity contribution in [3.05, 3.63) is 94.2 Å². The molecule has 4 N–H and O–H groups in total. The van der Waals surface area contributed by atoms with Gasteiger partial charge in [-0.25, -0.2) is 4.79 Å². The second-order valence-corrected chi connectivity index (χ2v) is 13.2. The molecule has 0 aromatic carbocycles. The quantitative estimate of drug-likeness (QED) is 0.161. The third kappa shape index (κ3) is 5.46. The van der Waals surface area contributed by atoms with Crippen molar-refractivity contribution in [3.63, 3.8) is 0 Å². The average molecular weight is 693 g/mol. The number of rotatable bonds is 8. The van der Waals surface area contributed by atoms with Crippen LogP contribution in [-0.2, 0) is 40.9 Å². The number of carbonyl (C=O) groups excluding carboxylic acids is 6. The number of methoxy groups -OCH3 is 1. The maximum atomic E-state index is 13.5. The first-order valence-corrected chi connectivity index (χ1v) is 16.2. The fraction of sp³-hybridized carbons (Fsp3) is 0.278. The molecular formula is C36H36N8O7. The third-order valence-electron chi connectivity index (χ3n) is 9.81. The van der Waals surface area contributed by atoms with Crippen molar-refractivity contribution in [1.82, 2.24) is 23.6 Å². The molecule has 2 fully saturated rings. The number of likely N-dealkylation sites (tertiary alicyclic amines) is 1. The minimum atomic E-state index is -0.582. The molecule has 15 heteroatoms. The Morgan fingerprint density at radius 1 is 0.902 bits per heavy atom. The molecule has 15 nitrogen and oxygen atoms in total. The van der Waals surface area contributed by atoms with Crippen LogP contribution < -0.4 is 16.0 Å². The molecule has 4 aromatic heterocycles. The molecule has 5 heterocycles. The van der Waals surface area contributed by atoms with Gasteiger partial charge < -0.3 is 44.3 Å². The fourth-order valence-electron chi connectivity index (χ4n) is 7.46. The number of hydrogen-bond acceptors (Lipinski definition) is 7. The van der Waals surface area contributed by atoms with Gasteiger partial charge in [-0.2, -0.15) is 0 Å². The Kier molecular flexibility index (Phi) is 7.73. The van der Waals surface area contributed by atoms with Crippen LogP contribution >= 0.6 is 0 Å². The van der Waals surface area contributed by atoms with Crippen molar-refractivity contribution in [2.45, 2.75) is 25.7 Å². The Balaban J connectivity index is 1.02. The summed E-state index contributed by atoms with van der Waals surface area (Å²) in [5.41, 5.74) is 4.59. The number of allylic oxidation sites excluding steroid dienone is 2. The zero-order valence-electron chi connectivity index (χ0n) is 28.8. The number of esters is 1. The van der Waals surface area contributed by atoms with Gasteiger partial charge in [0.05, 0.1) is 35.4 Å². The van der Waals surface area contributed by atoms with Gasteiger partial charge >= 0.3 is 5.97 Å². The molecule has 3 aliphatic rings. The lowest BCUT2D eigenvalue weighted by molar-refractivity contribution is -0.124. The highest BCUT2D eigenvalue weighted by Gasteiger charge is 2.68. The fourth-order valence-corrected chi connectivity index (χ4v) is 7.46. The summed E-state index contributed by atoms with van der Waals surface area (Å²) >= 11 is 0. The summed E-state index contributed by atoms with van der Waals surface area (Å²) in [5, 5.41) is 8.29. The molecule has 1 aliphatic heterocycles. The van der Waals surface area contributed by atoms with E-state index in [2.05, 4.69) is 20.9 Å². The number of aromatic amines is 1. The van der Waals surface area contributed by atoms with Gasteiger partial charge in [0.25, 0.3) is 17.7 Å². The molecule has 0 unspecified atom stereocenters. The van der Waals surface area contributed by atoms with Gasteiger partial charge in [-0.05, 0) is 43.5 Å². The molecule has 2 atom stereocenters. The van der Waals surface area contributed by atoms with Crippen LogP contribution in [0, 0.1) is 12.8 Å². The SMILES string of the molecule is COC(=O)c1c(C)[nH]c2c1[C@@]13C[C@@H]1CN(C(=O)C=Cc1cc(NC(=O)c4cc(NC(=O)c5cc(NC(C)=O)cn5C)cn4C)cn1C)C3=CC2=O. The number of nitrogens with one attached hydrogen (secondary N) is 4. The lowest BCUT2D eigenvalue weighted by Gasteiger charge is -2.27. The number of hydrogen-bond donors (Lipinski definition) is 4. The monoisotopic (exact) mass is 692 g/mol. The van der Waals surface area contributed by atoms with E-state index in [0.29, 0.717) is 68.9 Å². The summed E-state index contributed by atoms with van der Waals surface area (Å²) in [6, 6.07) is 4.83. The third-order valence-corrected chi connectivity index (χ3v) is 9.81. The molecule has 2 aliphatic carbocycles. The summed E-state index contributed by atoms with van der Waals surface area (Å²) in [5.74, 6) is -2.11. The Morgan fingerprint density at radius 3 is 2.10 bits per heavy atom. The largest absolute Gasteiger partial charge is 0.465 e. The predicted molar refractivity (Wildman–Crippen MR) is 186 cm³/mol. The average Bonchev–Trinajstić information content (AvgIpc) is 3.54. The second kappa shape index (κ2) is 11.9. The Morgan fingerprint density at radius 2 is 1.49 bits per heavy atom. The number of anilines is 3. The van der Waals surface area contributed by atoms with E-state index in [9.17, 15) is 28.8 Å². The van der Waals surface area contributed by atoms with Crippen LogP contribution in [-0.4, -0.2) is 72.6 Å². The van der Waals surface area contributed by atoms with Gasteiger partial charge in [-0.15, -0.1) is 0 Å². The molecule has 7 rings (SSSR count). The van der Waals surface area contributed by atoms with E-state index < -0.39 is 23.2 Å².